The highest BCUT2D eigenvalue weighted by Crippen LogP contribution is 2.27. The van der Waals surface area contributed by atoms with Gasteiger partial charge in [-0.2, -0.15) is 0 Å². The minimum Gasteiger partial charge on any atom is -0.353 e. The molecule has 7 nitrogen and oxygen atoms in total. The molecular weight excluding hydrogens is 390 g/mol. The van der Waals surface area contributed by atoms with E-state index in [2.05, 4.69) is 49.8 Å². The van der Waals surface area contributed by atoms with Gasteiger partial charge in [0, 0.05) is 37.9 Å². The number of nitrogens with zero attached hydrogens (tertiary/aromatic N) is 2. The van der Waals surface area contributed by atoms with Crippen molar-refractivity contribution in [3.05, 3.63) is 90.0 Å². The number of carbonyl (C=O) groups is 2. The maximum Gasteiger partial charge on any atom is 0.237 e. The number of nitrogens with one attached hydrogen (secondary N) is 3. The number of carbonyl (C=O) groups excluding carboxylic acids is 2. The molecule has 2 amide bonds. The van der Waals surface area contributed by atoms with Crippen molar-refractivity contribution in [1.82, 2.24) is 25.5 Å². The summed E-state index contributed by atoms with van der Waals surface area (Å²) < 4.78 is 0. The highest BCUT2D eigenvalue weighted by molar-refractivity contribution is 5.88. The van der Waals surface area contributed by atoms with Gasteiger partial charge in [-0.05, 0) is 11.1 Å². The summed E-state index contributed by atoms with van der Waals surface area (Å²) >= 11 is 0. The average Bonchev–Trinajstić information content (AvgIpc) is 3.33. The van der Waals surface area contributed by atoms with Crippen molar-refractivity contribution in [3.63, 3.8) is 0 Å². The van der Waals surface area contributed by atoms with Gasteiger partial charge in [-0.15, -0.1) is 0 Å². The van der Waals surface area contributed by atoms with Crippen LogP contribution in [0.4, 0.5) is 0 Å². The molecule has 1 fully saturated rings. The molecule has 7 heteroatoms. The molecule has 3 aromatic rings. The van der Waals surface area contributed by atoms with Crippen molar-refractivity contribution in [3.8, 4) is 0 Å². The zero-order chi connectivity index (χ0) is 21.5. The van der Waals surface area contributed by atoms with Crippen LogP contribution < -0.4 is 10.6 Å². The van der Waals surface area contributed by atoms with Crippen LogP contribution in [0, 0.1) is 0 Å². The van der Waals surface area contributed by atoms with Gasteiger partial charge in [0.05, 0.1) is 19.0 Å². The van der Waals surface area contributed by atoms with Gasteiger partial charge >= 0.3 is 0 Å². The first-order valence-corrected chi connectivity index (χ1v) is 10.6. The van der Waals surface area contributed by atoms with Crippen LogP contribution in [0.25, 0.3) is 0 Å². The Hall–Kier alpha value is -3.45. The van der Waals surface area contributed by atoms with E-state index in [1.165, 1.54) is 11.1 Å². The first-order chi connectivity index (χ1) is 15.2. The third-order valence-electron chi connectivity index (χ3n) is 5.65. The summed E-state index contributed by atoms with van der Waals surface area (Å²) in [5.74, 6) is 0.534. The molecule has 160 valence electrons. The highest BCUT2D eigenvalue weighted by Gasteiger charge is 2.33. The largest absolute Gasteiger partial charge is 0.353 e. The fourth-order valence-corrected chi connectivity index (χ4v) is 4.04. The van der Waals surface area contributed by atoms with Crippen molar-refractivity contribution >= 4 is 11.8 Å². The number of benzene rings is 2. The molecule has 0 saturated carbocycles. The van der Waals surface area contributed by atoms with Gasteiger partial charge < -0.3 is 15.6 Å². The second kappa shape index (κ2) is 10.0. The number of aromatic amines is 1. The number of H-pyrrole nitrogens is 1. The van der Waals surface area contributed by atoms with E-state index in [1.54, 1.807) is 12.4 Å². The number of imidazole rings is 1. The van der Waals surface area contributed by atoms with Crippen LogP contribution in [0.1, 0.15) is 29.3 Å². The topological polar surface area (TPSA) is 90.1 Å². The smallest absolute Gasteiger partial charge is 0.237 e. The lowest BCUT2D eigenvalue weighted by Crippen LogP contribution is -2.57. The van der Waals surface area contributed by atoms with Crippen LogP contribution in [0.2, 0.25) is 0 Å². The van der Waals surface area contributed by atoms with E-state index >= 15 is 0 Å². The van der Waals surface area contributed by atoms with Crippen LogP contribution in [0.15, 0.2) is 73.1 Å². The number of rotatable bonds is 8. The standard InChI is InChI=1S/C24H27N5O2/c30-23(28-16-22-25-11-12-26-22)15-21-24(31)27-13-14-29(21)17-20(18-7-3-1-4-8-18)19-9-5-2-6-10-19/h1-12,20-21H,13-17H2,(H,25,26)(H,27,31)(H,28,30)/t21-/m0/s1. The van der Waals surface area contributed by atoms with E-state index < -0.39 is 6.04 Å². The van der Waals surface area contributed by atoms with Gasteiger partial charge in [-0.3, -0.25) is 14.5 Å². The molecule has 0 bridgehead atoms. The minimum atomic E-state index is -0.500. The fraction of sp³-hybridized carbons (Fsp3) is 0.292. The van der Waals surface area contributed by atoms with Crippen molar-refractivity contribution in [1.29, 1.82) is 0 Å². The minimum absolute atomic E-state index is 0.0979. The zero-order valence-corrected chi connectivity index (χ0v) is 17.3. The number of amides is 2. The molecule has 0 spiro atoms. The van der Waals surface area contributed by atoms with E-state index in [9.17, 15) is 9.59 Å². The van der Waals surface area contributed by atoms with Crippen molar-refractivity contribution < 1.29 is 9.59 Å². The SMILES string of the molecule is O=C(C[C@H]1C(=O)NCCN1CC(c1ccccc1)c1ccccc1)NCc1ncc[nH]1. The lowest BCUT2D eigenvalue weighted by atomic mass is 9.90. The predicted molar refractivity (Wildman–Crippen MR) is 118 cm³/mol. The molecule has 4 rings (SSSR count). The molecule has 31 heavy (non-hydrogen) atoms. The Bertz CT molecular complexity index is 936. The summed E-state index contributed by atoms with van der Waals surface area (Å²) in [6.45, 7) is 2.27. The van der Waals surface area contributed by atoms with Crippen LogP contribution in [-0.4, -0.2) is 52.4 Å². The van der Waals surface area contributed by atoms with Crippen LogP contribution in [0.5, 0.6) is 0 Å². The van der Waals surface area contributed by atoms with Crippen molar-refractivity contribution in [2.45, 2.75) is 24.9 Å². The van der Waals surface area contributed by atoms with E-state index in [4.69, 9.17) is 0 Å². The van der Waals surface area contributed by atoms with Crippen LogP contribution >= 0.6 is 0 Å². The lowest BCUT2D eigenvalue weighted by Gasteiger charge is -2.37. The molecule has 1 saturated heterocycles. The number of hydrogen-bond acceptors (Lipinski definition) is 4. The highest BCUT2D eigenvalue weighted by atomic mass is 16.2. The maximum absolute atomic E-state index is 12.7. The molecule has 0 aliphatic carbocycles. The normalized spacial score (nSPS) is 16.8. The molecule has 0 unspecified atom stereocenters. The van der Waals surface area contributed by atoms with E-state index in [-0.39, 0.29) is 24.2 Å². The van der Waals surface area contributed by atoms with E-state index in [0.717, 1.165) is 0 Å². The molecule has 1 aromatic heterocycles. The Balaban J connectivity index is 1.49. The van der Waals surface area contributed by atoms with E-state index in [1.807, 2.05) is 36.4 Å². The molecular formula is C24H27N5O2. The summed E-state index contributed by atoms with van der Waals surface area (Å²) in [6.07, 6.45) is 3.47. The van der Waals surface area contributed by atoms with Gasteiger partial charge in [0.2, 0.25) is 11.8 Å². The predicted octanol–water partition coefficient (Wildman–Crippen LogP) is 2.05. The number of aromatic nitrogens is 2. The first kappa shape index (κ1) is 20.8. The monoisotopic (exact) mass is 417 g/mol. The Morgan fingerprint density at radius 1 is 1.10 bits per heavy atom. The Kier molecular flexibility index (Phi) is 6.74. The number of piperazine rings is 1. The summed E-state index contributed by atoms with van der Waals surface area (Å²) in [5, 5.41) is 5.76. The maximum atomic E-state index is 12.7. The fourth-order valence-electron chi connectivity index (χ4n) is 4.04. The average molecular weight is 418 g/mol. The first-order valence-electron chi connectivity index (χ1n) is 10.6. The third-order valence-corrected chi connectivity index (χ3v) is 5.65. The van der Waals surface area contributed by atoms with Crippen LogP contribution in [0.3, 0.4) is 0 Å². The lowest BCUT2D eigenvalue weighted by molar-refractivity contribution is -0.134. The number of hydrogen-bond donors (Lipinski definition) is 3. The van der Waals surface area contributed by atoms with Gasteiger partial charge in [0.25, 0.3) is 0 Å². The second-order valence-electron chi connectivity index (χ2n) is 7.69. The quantitative estimate of drug-likeness (QED) is 0.523. The molecule has 2 heterocycles. The summed E-state index contributed by atoms with van der Waals surface area (Å²) in [4.78, 5) is 34.4. The van der Waals surface area contributed by atoms with Gasteiger partial charge in [-0.1, -0.05) is 60.7 Å². The molecule has 0 radical (unpaired) electrons. The van der Waals surface area contributed by atoms with Crippen LogP contribution in [-0.2, 0) is 16.1 Å². The Morgan fingerprint density at radius 2 is 1.77 bits per heavy atom. The summed E-state index contributed by atoms with van der Waals surface area (Å²) in [5.41, 5.74) is 2.39. The molecule has 2 aromatic carbocycles. The second-order valence-corrected chi connectivity index (χ2v) is 7.69. The Labute approximate surface area is 181 Å². The molecule has 1 aliphatic heterocycles. The molecule has 1 aliphatic rings. The van der Waals surface area contributed by atoms with Gasteiger partial charge in [-0.25, -0.2) is 4.98 Å². The van der Waals surface area contributed by atoms with Crippen molar-refractivity contribution in [2.75, 3.05) is 19.6 Å². The third kappa shape index (κ3) is 5.38. The zero-order valence-electron chi connectivity index (χ0n) is 17.3. The Morgan fingerprint density at radius 3 is 2.39 bits per heavy atom. The van der Waals surface area contributed by atoms with E-state index in [0.29, 0.717) is 32.0 Å². The summed E-state index contributed by atoms with van der Waals surface area (Å²) in [7, 11) is 0. The molecule has 3 N–H and O–H groups in total. The summed E-state index contributed by atoms with van der Waals surface area (Å²) in [6, 6.07) is 20.1. The van der Waals surface area contributed by atoms with Gasteiger partial charge in [0.15, 0.2) is 0 Å². The molecule has 1 atom stereocenters. The van der Waals surface area contributed by atoms with Gasteiger partial charge in [0.1, 0.15) is 5.82 Å². The van der Waals surface area contributed by atoms with Crippen molar-refractivity contribution in [2.24, 2.45) is 0 Å².